The predicted octanol–water partition coefficient (Wildman–Crippen LogP) is 8.64. The number of benzene rings is 3. The highest BCUT2D eigenvalue weighted by Crippen LogP contribution is 2.36. The molecule has 2 heterocycles. The smallest absolute Gasteiger partial charge is 0.433 e. The molecule has 15 heteroatoms. The van der Waals surface area contributed by atoms with Crippen LogP contribution < -0.4 is 10.1 Å². The van der Waals surface area contributed by atoms with Gasteiger partial charge in [-0.05, 0) is 48.9 Å². The standard InChI is InChI=1S/C27H15Cl3F3N5O4/c1-13-8-18(6-7-20(13)29)42-19-10-16(9-17(11-19)38(40)41)34-26(39)24-23(30)25-35-21(14-2-4-15(28)5-3-14)12-22(27(31,32)33)37(25)36-24/h2-12H,1H3,(H,34,39). The number of nitro groups is 1. The predicted molar refractivity (Wildman–Crippen MR) is 151 cm³/mol. The lowest BCUT2D eigenvalue weighted by Crippen LogP contribution is -2.16. The number of anilines is 1. The monoisotopic (exact) mass is 635 g/mol. The van der Waals surface area contributed by atoms with Gasteiger partial charge in [-0.15, -0.1) is 0 Å². The summed E-state index contributed by atoms with van der Waals surface area (Å²) in [5, 5.41) is 18.1. The molecule has 0 radical (unpaired) electrons. The summed E-state index contributed by atoms with van der Waals surface area (Å²) in [4.78, 5) is 28.2. The van der Waals surface area contributed by atoms with E-state index in [1.54, 1.807) is 25.1 Å². The Kier molecular flexibility index (Phi) is 7.71. The van der Waals surface area contributed by atoms with E-state index in [0.717, 1.165) is 18.2 Å². The van der Waals surface area contributed by atoms with Crippen molar-refractivity contribution in [3.63, 3.8) is 0 Å². The molecule has 0 unspecified atom stereocenters. The van der Waals surface area contributed by atoms with Crippen LogP contribution in [-0.2, 0) is 6.18 Å². The quantitative estimate of drug-likeness (QED) is 0.148. The molecule has 214 valence electrons. The molecule has 0 atom stereocenters. The van der Waals surface area contributed by atoms with Crippen LogP contribution in [0, 0.1) is 17.0 Å². The number of ether oxygens (including phenoxy) is 1. The lowest BCUT2D eigenvalue weighted by Gasteiger charge is -2.11. The van der Waals surface area contributed by atoms with E-state index < -0.39 is 44.8 Å². The van der Waals surface area contributed by atoms with Gasteiger partial charge in [0.15, 0.2) is 17.0 Å². The first-order valence-electron chi connectivity index (χ1n) is 11.8. The van der Waals surface area contributed by atoms with Crippen molar-refractivity contribution in [2.75, 3.05) is 5.32 Å². The Labute approximate surface area is 249 Å². The number of carbonyl (C=O) groups is 1. The number of aromatic nitrogens is 3. The van der Waals surface area contributed by atoms with Crippen molar-refractivity contribution in [3.05, 3.63) is 109 Å². The number of halogens is 6. The van der Waals surface area contributed by atoms with Crippen molar-refractivity contribution < 1.29 is 27.6 Å². The first kappa shape index (κ1) is 29.1. The Morgan fingerprint density at radius 1 is 1.00 bits per heavy atom. The largest absolute Gasteiger partial charge is 0.457 e. The summed E-state index contributed by atoms with van der Waals surface area (Å²) in [6, 6.07) is 14.9. The summed E-state index contributed by atoms with van der Waals surface area (Å²) in [5.41, 5.74) is -1.86. The summed E-state index contributed by atoms with van der Waals surface area (Å²) in [6.07, 6.45) is -4.89. The zero-order valence-corrected chi connectivity index (χ0v) is 23.3. The van der Waals surface area contributed by atoms with E-state index in [9.17, 15) is 28.1 Å². The summed E-state index contributed by atoms with van der Waals surface area (Å²) in [7, 11) is 0. The molecule has 3 aromatic carbocycles. The molecule has 5 aromatic rings. The van der Waals surface area contributed by atoms with E-state index in [1.807, 2.05) is 0 Å². The molecular weight excluding hydrogens is 622 g/mol. The number of amides is 1. The van der Waals surface area contributed by atoms with E-state index in [1.165, 1.54) is 30.3 Å². The van der Waals surface area contributed by atoms with Crippen LogP contribution >= 0.6 is 34.8 Å². The molecule has 0 aliphatic heterocycles. The van der Waals surface area contributed by atoms with Crippen LogP contribution in [-0.4, -0.2) is 25.4 Å². The zero-order valence-electron chi connectivity index (χ0n) is 21.0. The number of nitrogens with one attached hydrogen (secondary N) is 1. The maximum absolute atomic E-state index is 14.0. The Morgan fingerprint density at radius 3 is 2.36 bits per heavy atom. The second-order valence-corrected chi connectivity index (χ2v) is 10.1. The fourth-order valence-electron chi connectivity index (χ4n) is 3.93. The molecule has 0 spiro atoms. The Bertz CT molecular complexity index is 1880. The van der Waals surface area contributed by atoms with Gasteiger partial charge >= 0.3 is 6.18 Å². The number of alkyl halides is 3. The number of hydrogen-bond donors (Lipinski definition) is 1. The maximum atomic E-state index is 14.0. The lowest BCUT2D eigenvalue weighted by molar-refractivity contribution is -0.384. The van der Waals surface area contributed by atoms with Crippen LogP contribution in [0.4, 0.5) is 24.5 Å². The molecule has 1 N–H and O–H groups in total. The van der Waals surface area contributed by atoms with Crippen molar-refractivity contribution in [1.29, 1.82) is 0 Å². The van der Waals surface area contributed by atoms with E-state index in [0.29, 0.717) is 31.4 Å². The van der Waals surface area contributed by atoms with Crippen LogP contribution in [0.5, 0.6) is 11.5 Å². The van der Waals surface area contributed by atoms with Gasteiger partial charge in [-0.25, -0.2) is 9.50 Å². The van der Waals surface area contributed by atoms with Gasteiger partial charge in [0.05, 0.1) is 22.4 Å². The van der Waals surface area contributed by atoms with E-state index in [4.69, 9.17) is 39.5 Å². The molecule has 1 amide bonds. The molecular formula is C27H15Cl3F3N5O4. The first-order chi connectivity index (χ1) is 19.8. The average molecular weight is 637 g/mol. The average Bonchev–Trinajstić information content (AvgIpc) is 3.26. The first-order valence-corrected chi connectivity index (χ1v) is 12.9. The van der Waals surface area contributed by atoms with Crippen molar-refractivity contribution in [2.45, 2.75) is 13.1 Å². The van der Waals surface area contributed by atoms with Gasteiger partial charge in [-0.2, -0.15) is 18.3 Å². The number of nitrogens with zero attached hydrogens (tertiary/aromatic N) is 4. The molecule has 0 bridgehead atoms. The molecule has 5 rings (SSSR count). The minimum atomic E-state index is -4.89. The van der Waals surface area contributed by atoms with Gasteiger partial charge in [0.1, 0.15) is 16.5 Å². The van der Waals surface area contributed by atoms with Crippen LogP contribution in [0.3, 0.4) is 0 Å². The van der Waals surface area contributed by atoms with E-state index >= 15 is 0 Å². The fourth-order valence-corrected chi connectivity index (χ4v) is 4.42. The van der Waals surface area contributed by atoms with Gasteiger partial charge in [0, 0.05) is 27.7 Å². The third-order valence-corrected chi connectivity index (χ3v) is 6.93. The lowest BCUT2D eigenvalue weighted by atomic mass is 10.1. The number of non-ortho nitro benzene ring substituents is 1. The van der Waals surface area contributed by atoms with Gasteiger partial charge in [-0.1, -0.05) is 46.9 Å². The molecule has 0 fully saturated rings. The van der Waals surface area contributed by atoms with Gasteiger partial charge in [0.25, 0.3) is 11.6 Å². The van der Waals surface area contributed by atoms with Crippen molar-refractivity contribution >= 4 is 57.7 Å². The minimum Gasteiger partial charge on any atom is -0.457 e. The summed E-state index contributed by atoms with van der Waals surface area (Å²) < 4.78 is 48.2. The van der Waals surface area contributed by atoms with E-state index in [2.05, 4.69) is 15.4 Å². The number of rotatable bonds is 6. The normalized spacial score (nSPS) is 11.5. The third kappa shape index (κ3) is 5.96. The SMILES string of the molecule is Cc1cc(Oc2cc(NC(=O)c3nn4c(C(F)(F)F)cc(-c5ccc(Cl)cc5)nc4c3Cl)cc([N+](=O)[O-])c2)ccc1Cl. The van der Waals surface area contributed by atoms with Crippen molar-refractivity contribution in [1.82, 2.24) is 14.6 Å². The highest BCUT2D eigenvalue weighted by Gasteiger charge is 2.37. The Balaban J connectivity index is 1.53. The number of hydrogen-bond acceptors (Lipinski definition) is 6. The van der Waals surface area contributed by atoms with E-state index in [-0.39, 0.29) is 17.1 Å². The molecule has 0 saturated carbocycles. The molecule has 0 aliphatic carbocycles. The second kappa shape index (κ2) is 11.1. The molecule has 9 nitrogen and oxygen atoms in total. The molecule has 2 aromatic heterocycles. The fraction of sp³-hybridized carbons (Fsp3) is 0.0741. The third-order valence-electron chi connectivity index (χ3n) is 5.90. The summed E-state index contributed by atoms with van der Waals surface area (Å²) >= 11 is 18.3. The number of fused-ring (bicyclic) bond motifs is 1. The maximum Gasteiger partial charge on any atom is 0.433 e. The summed E-state index contributed by atoms with van der Waals surface area (Å²) in [6.45, 7) is 1.74. The van der Waals surface area contributed by atoms with Gasteiger partial charge in [-0.3, -0.25) is 14.9 Å². The number of nitro benzene ring substituents is 1. The highest BCUT2D eigenvalue weighted by molar-refractivity contribution is 6.37. The number of carbonyl (C=O) groups excluding carboxylic acids is 1. The summed E-state index contributed by atoms with van der Waals surface area (Å²) in [5.74, 6) is -0.725. The Morgan fingerprint density at radius 2 is 1.71 bits per heavy atom. The minimum absolute atomic E-state index is 0.00375. The molecule has 0 aliphatic rings. The van der Waals surface area contributed by atoms with Crippen LogP contribution in [0.15, 0.2) is 66.7 Å². The van der Waals surface area contributed by atoms with Gasteiger partial charge < -0.3 is 10.1 Å². The van der Waals surface area contributed by atoms with Crippen LogP contribution in [0.1, 0.15) is 21.7 Å². The van der Waals surface area contributed by atoms with Crippen LogP contribution in [0.25, 0.3) is 16.9 Å². The number of aryl methyl sites for hydroxylation is 1. The highest BCUT2D eigenvalue weighted by atomic mass is 35.5. The van der Waals surface area contributed by atoms with Crippen LogP contribution in [0.2, 0.25) is 15.1 Å². The molecule has 42 heavy (non-hydrogen) atoms. The topological polar surface area (TPSA) is 112 Å². The van der Waals surface area contributed by atoms with Crippen molar-refractivity contribution in [2.24, 2.45) is 0 Å². The van der Waals surface area contributed by atoms with Crippen molar-refractivity contribution in [3.8, 4) is 22.8 Å². The zero-order chi connectivity index (χ0) is 30.3. The second-order valence-electron chi connectivity index (χ2n) is 8.87. The molecule has 0 saturated heterocycles. The van der Waals surface area contributed by atoms with Gasteiger partial charge in [0.2, 0.25) is 0 Å². The Hall–Kier alpha value is -4.39.